The maximum atomic E-state index is 11.5. The van der Waals surface area contributed by atoms with Crippen molar-refractivity contribution in [3.8, 4) is 0 Å². The summed E-state index contributed by atoms with van der Waals surface area (Å²) in [5.74, 6) is 0.848. The zero-order valence-corrected chi connectivity index (χ0v) is 10.8. The molecule has 0 aliphatic heterocycles. The van der Waals surface area contributed by atoms with Crippen LogP contribution in [0.2, 0.25) is 0 Å². The Morgan fingerprint density at radius 1 is 1.38 bits per heavy atom. The fraction of sp³-hybridized carbons (Fsp3) is 0.462. The molecule has 1 amide bonds. The zero-order valence-electron chi connectivity index (χ0n) is 9.21. The van der Waals surface area contributed by atoms with E-state index in [9.17, 15) is 4.79 Å². The Kier molecular flexibility index (Phi) is 3.99. The first-order valence-electron chi connectivity index (χ1n) is 5.68. The van der Waals surface area contributed by atoms with Crippen molar-refractivity contribution in [2.45, 2.75) is 31.1 Å². The molecule has 2 rings (SSSR count). The van der Waals surface area contributed by atoms with E-state index >= 15 is 0 Å². The van der Waals surface area contributed by atoms with Gasteiger partial charge in [-0.2, -0.15) is 0 Å². The van der Waals surface area contributed by atoms with E-state index in [0.717, 1.165) is 5.33 Å². The molecule has 1 N–H and O–H groups in total. The third kappa shape index (κ3) is 3.63. The molecule has 1 saturated carbocycles. The number of benzene rings is 1. The van der Waals surface area contributed by atoms with Gasteiger partial charge in [-0.15, -0.1) is 0 Å². The van der Waals surface area contributed by atoms with E-state index in [-0.39, 0.29) is 5.91 Å². The molecule has 1 aromatic rings. The van der Waals surface area contributed by atoms with E-state index in [4.69, 9.17) is 0 Å². The van der Waals surface area contributed by atoms with E-state index in [1.165, 1.54) is 24.0 Å². The topological polar surface area (TPSA) is 29.1 Å². The van der Waals surface area contributed by atoms with E-state index in [1.807, 2.05) is 12.1 Å². The van der Waals surface area contributed by atoms with Gasteiger partial charge in [0.2, 0.25) is 5.91 Å². The molecule has 2 nitrogen and oxygen atoms in total. The summed E-state index contributed by atoms with van der Waals surface area (Å²) in [6.45, 7) is 0.645. The minimum Gasteiger partial charge on any atom is -0.352 e. The van der Waals surface area contributed by atoms with Crippen LogP contribution in [0, 0.1) is 5.92 Å². The van der Waals surface area contributed by atoms with Crippen molar-refractivity contribution in [2.24, 2.45) is 5.92 Å². The molecule has 16 heavy (non-hydrogen) atoms. The summed E-state index contributed by atoms with van der Waals surface area (Å²) in [6, 6.07) is 8.26. The molecule has 86 valence electrons. The summed E-state index contributed by atoms with van der Waals surface area (Å²) in [5, 5.41) is 3.83. The number of carbonyl (C=O) groups excluding carboxylic acids is 1. The van der Waals surface area contributed by atoms with Crippen molar-refractivity contribution in [2.75, 3.05) is 0 Å². The molecule has 1 aliphatic rings. The van der Waals surface area contributed by atoms with E-state index < -0.39 is 0 Å². The van der Waals surface area contributed by atoms with Gasteiger partial charge in [0.25, 0.3) is 0 Å². The molecule has 0 heterocycles. The van der Waals surface area contributed by atoms with Gasteiger partial charge in [-0.25, -0.2) is 0 Å². The molecule has 0 spiro atoms. The molecule has 0 radical (unpaired) electrons. The highest BCUT2D eigenvalue weighted by Gasteiger charge is 2.23. The Hall–Kier alpha value is -0.830. The Balaban J connectivity index is 1.80. The second-order valence-corrected chi connectivity index (χ2v) is 4.94. The summed E-state index contributed by atoms with van der Waals surface area (Å²) in [6.07, 6.45) is 3.16. The summed E-state index contributed by atoms with van der Waals surface area (Å²) in [5.41, 5.74) is 2.41. The molecule has 3 heteroatoms. The second kappa shape index (κ2) is 5.48. The lowest BCUT2D eigenvalue weighted by Crippen LogP contribution is -2.22. The van der Waals surface area contributed by atoms with Gasteiger partial charge in [-0.3, -0.25) is 4.79 Å². The Morgan fingerprint density at radius 3 is 2.81 bits per heavy atom. The van der Waals surface area contributed by atoms with Crippen molar-refractivity contribution in [1.29, 1.82) is 0 Å². The lowest BCUT2D eigenvalue weighted by atomic mass is 10.1. The van der Waals surface area contributed by atoms with Crippen LogP contribution in [0.4, 0.5) is 0 Å². The van der Waals surface area contributed by atoms with Crippen molar-refractivity contribution in [3.63, 3.8) is 0 Å². The Bertz CT molecular complexity index is 374. The number of amides is 1. The number of halogens is 1. The highest BCUT2D eigenvalue weighted by atomic mass is 79.9. The first-order chi connectivity index (χ1) is 7.78. The quantitative estimate of drug-likeness (QED) is 0.826. The number of alkyl halides is 1. The molecular formula is C13H16BrNO. The van der Waals surface area contributed by atoms with Gasteiger partial charge in [0.05, 0.1) is 0 Å². The van der Waals surface area contributed by atoms with Crippen molar-refractivity contribution in [1.82, 2.24) is 5.32 Å². The molecule has 1 aromatic carbocycles. The monoisotopic (exact) mass is 281 g/mol. The van der Waals surface area contributed by atoms with Gasteiger partial charge in [-0.1, -0.05) is 40.2 Å². The van der Waals surface area contributed by atoms with Crippen LogP contribution in [0.25, 0.3) is 0 Å². The van der Waals surface area contributed by atoms with Crippen LogP contribution in [0.5, 0.6) is 0 Å². The van der Waals surface area contributed by atoms with Gasteiger partial charge in [0, 0.05) is 18.3 Å². The standard InChI is InChI=1S/C13H16BrNO/c14-8-11-2-1-3-12(6-11)9-15-13(16)7-10-4-5-10/h1-3,6,10H,4-5,7-9H2,(H,15,16). The van der Waals surface area contributed by atoms with E-state index in [0.29, 0.717) is 18.9 Å². The fourth-order valence-electron chi connectivity index (χ4n) is 1.68. The summed E-state index contributed by atoms with van der Waals surface area (Å²) >= 11 is 3.43. The van der Waals surface area contributed by atoms with E-state index in [1.54, 1.807) is 0 Å². The molecule has 0 unspecified atom stereocenters. The molecular weight excluding hydrogens is 266 g/mol. The maximum Gasteiger partial charge on any atom is 0.220 e. The summed E-state index contributed by atoms with van der Waals surface area (Å²) < 4.78 is 0. The molecule has 0 aromatic heterocycles. The highest BCUT2D eigenvalue weighted by Crippen LogP contribution is 2.32. The van der Waals surface area contributed by atoms with Crippen LogP contribution < -0.4 is 5.32 Å². The zero-order chi connectivity index (χ0) is 11.4. The highest BCUT2D eigenvalue weighted by molar-refractivity contribution is 9.08. The number of hydrogen-bond acceptors (Lipinski definition) is 1. The van der Waals surface area contributed by atoms with Crippen LogP contribution in [-0.2, 0) is 16.7 Å². The minimum absolute atomic E-state index is 0.187. The first kappa shape index (κ1) is 11.6. The van der Waals surface area contributed by atoms with Crippen LogP contribution in [0.15, 0.2) is 24.3 Å². The van der Waals surface area contributed by atoms with Gasteiger partial charge in [-0.05, 0) is 29.9 Å². The smallest absolute Gasteiger partial charge is 0.220 e. The number of nitrogens with one attached hydrogen (secondary N) is 1. The largest absolute Gasteiger partial charge is 0.352 e. The molecule has 1 aliphatic carbocycles. The number of carbonyl (C=O) groups is 1. The second-order valence-electron chi connectivity index (χ2n) is 4.38. The van der Waals surface area contributed by atoms with Crippen molar-refractivity contribution < 1.29 is 4.79 Å². The Morgan fingerprint density at radius 2 is 2.12 bits per heavy atom. The van der Waals surface area contributed by atoms with Gasteiger partial charge < -0.3 is 5.32 Å². The van der Waals surface area contributed by atoms with Crippen molar-refractivity contribution in [3.05, 3.63) is 35.4 Å². The summed E-state index contributed by atoms with van der Waals surface area (Å²) in [7, 11) is 0. The fourth-order valence-corrected chi connectivity index (χ4v) is 2.03. The average Bonchev–Trinajstić information content (AvgIpc) is 3.10. The third-order valence-corrected chi connectivity index (χ3v) is 3.45. The van der Waals surface area contributed by atoms with Crippen LogP contribution >= 0.6 is 15.9 Å². The minimum atomic E-state index is 0.187. The third-order valence-electron chi connectivity index (χ3n) is 2.81. The lowest BCUT2D eigenvalue weighted by molar-refractivity contribution is -0.121. The SMILES string of the molecule is O=C(CC1CC1)NCc1cccc(CBr)c1. The molecule has 0 bridgehead atoms. The van der Waals surface area contributed by atoms with Crippen molar-refractivity contribution >= 4 is 21.8 Å². The normalized spacial score (nSPS) is 14.8. The molecule has 1 fully saturated rings. The first-order valence-corrected chi connectivity index (χ1v) is 6.80. The van der Waals surface area contributed by atoms with Crippen LogP contribution in [0.1, 0.15) is 30.4 Å². The van der Waals surface area contributed by atoms with Crippen LogP contribution in [-0.4, -0.2) is 5.91 Å². The predicted octanol–water partition coefficient (Wildman–Crippen LogP) is 3.00. The predicted molar refractivity (Wildman–Crippen MR) is 68.3 cm³/mol. The number of rotatable bonds is 5. The van der Waals surface area contributed by atoms with Gasteiger partial charge in [0.1, 0.15) is 0 Å². The Labute approximate surface area is 105 Å². The van der Waals surface area contributed by atoms with Gasteiger partial charge >= 0.3 is 0 Å². The van der Waals surface area contributed by atoms with Gasteiger partial charge in [0.15, 0.2) is 0 Å². The maximum absolute atomic E-state index is 11.5. The van der Waals surface area contributed by atoms with Crippen LogP contribution in [0.3, 0.4) is 0 Å². The summed E-state index contributed by atoms with van der Waals surface area (Å²) in [4.78, 5) is 11.5. The molecule has 0 saturated heterocycles. The number of hydrogen-bond donors (Lipinski definition) is 1. The molecule has 0 atom stereocenters. The van der Waals surface area contributed by atoms with E-state index in [2.05, 4.69) is 33.4 Å². The lowest BCUT2D eigenvalue weighted by Gasteiger charge is -2.05. The average molecular weight is 282 g/mol.